The Balaban J connectivity index is 1.97. The number of hydrogen-bond donors (Lipinski definition) is 0. The molecule has 1 aromatic carbocycles. The first-order valence-electron chi connectivity index (χ1n) is 5.93. The number of para-hydroxylation sites is 1. The van der Waals surface area contributed by atoms with Gasteiger partial charge in [0.05, 0.1) is 11.9 Å². The SMILES string of the molecule is CCc1ccccc1-n1nnnc1Sc1ncc(Cl)s1. The molecule has 0 amide bonds. The van der Waals surface area contributed by atoms with E-state index in [2.05, 4.69) is 33.5 Å². The highest BCUT2D eigenvalue weighted by Gasteiger charge is 2.14. The third-order valence-corrected chi connectivity index (χ3v) is 4.80. The van der Waals surface area contributed by atoms with Crippen LogP contribution in [0, 0.1) is 0 Å². The largest absolute Gasteiger partial charge is 0.236 e. The molecule has 0 fully saturated rings. The average molecular weight is 324 g/mol. The molecule has 0 saturated heterocycles. The van der Waals surface area contributed by atoms with Gasteiger partial charge in [0.1, 0.15) is 4.34 Å². The lowest BCUT2D eigenvalue weighted by atomic mass is 10.1. The third kappa shape index (κ3) is 2.70. The van der Waals surface area contributed by atoms with Crippen LogP contribution in [0.5, 0.6) is 0 Å². The van der Waals surface area contributed by atoms with E-state index in [1.165, 1.54) is 28.7 Å². The fourth-order valence-electron chi connectivity index (χ4n) is 1.78. The molecule has 0 aliphatic rings. The maximum Gasteiger partial charge on any atom is 0.221 e. The Kier molecular flexibility index (Phi) is 4.00. The predicted molar refractivity (Wildman–Crippen MR) is 79.8 cm³/mol. The van der Waals surface area contributed by atoms with E-state index < -0.39 is 0 Å². The van der Waals surface area contributed by atoms with Gasteiger partial charge < -0.3 is 0 Å². The van der Waals surface area contributed by atoms with Crippen LogP contribution in [-0.4, -0.2) is 25.2 Å². The minimum absolute atomic E-state index is 0.653. The lowest BCUT2D eigenvalue weighted by Crippen LogP contribution is -2.02. The van der Waals surface area contributed by atoms with Crippen molar-refractivity contribution >= 4 is 34.7 Å². The molecule has 0 spiro atoms. The zero-order valence-electron chi connectivity index (χ0n) is 10.5. The number of halogens is 1. The Morgan fingerprint density at radius 1 is 1.35 bits per heavy atom. The number of tetrazole rings is 1. The molecule has 102 valence electrons. The highest BCUT2D eigenvalue weighted by Crippen LogP contribution is 2.32. The Labute approximate surface area is 129 Å². The fraction of sp³-hybridized carbons (Fsp3) is 0.167. The molecular formula is C12H10ClN5S2. The van der Waals surface area contributed by atoms with Gasteiger partial charge in [-0.1, -0.05) is 48.1 Å². The molecule has 0 atom stereocenters. The number of rotatable bonds is 4. The Bertz CT molecular complexity index is 724. The van der Waals surface area contributed by atoms with Gasteiger partial charge in [-0.15, -0.1) is 5.10 Å². The summed E-state index contributed by atoms with van der Waals surface area (Å²) in [5.74, 6) is 0. The van der Waals surface area contributed by atoms with E-state index in [9.17, 15) is 0 Å². The van der Waals surface area contributed by atoms with Gasteiger partial charge in [-0.2, -0.15) is 4.68 Å². The van der Waals surface area contributed by atoms with Crippen LogP contribution >= 0.6 is 34.7 Å². The highest BCUT2D eigenvalue weighted by atomic mass is 35.5. The number of aryl methyl sites for hydroxylation is 1. The smallest absolute Gasteiger partial charge is 0.221 e. The van der Waals surface area contributed by atoms with Gasteiger partial charge in [0, 0.05) is 0 Å². The summed E-state index contributed by atoms with van der Waals surface area (Å²) in [5, 5.41) is 12.6. The van der Waals surface area contributed by atoms with Gasteiger partial charge in [-0.05, 0) is 40.2 Å². The Morgan fingerprint density at radius 2 is 2.20 bits per heavy atom. The highest BCUT2D eigenvalue weighted by molar-refractivity contribution is 8.00. The van der Waals surface area contributed by atoms with Crippen LogP contribution in [0.3, 0.4) is 0 Å². The maximum atomic E-state index is 5.89. The lowest BCUT2D eigenvalue weighted by Gasteiger charge is -2.07. The van der Waals surface area contributed by atoms with Crippen molar-refractivity contribution < 1.29 is 0 Å². The van der Waals surface area contributed by atoms with Crippen molar-refractivity contribution in [1.29, 1.82) is 0 Å². The van der Waals surface area contributed by atoms with Gasteiger partial charge >= 0.3 is 0 Å². The molecule has 0 aliphatic carbocycles. The zero-order valence-corrected chi connectivity index (χ0v) is 12.9. The number of hydrogen-bond acceptors (Lipinski definition) is 6. The van der Waals surface area contributed by atoms with E-state index in [1.54, 1.807) is 10.9 Å². The lowest BCUT2D eigenvalue weighted by molar-refractivity contribution is 0.747. The quantitative estimate of drug-likeness (QED) is 0.735. The summed E-state index contributed by atoms with van der Waals surface area (Å²) in [6.45, 7) is 2.11. The van der Waals surface area contributed by atoms with Crippen molar-refractivity contribution in [3.63, 3.8) is 0 Å². The number of aromatic nitrogens is 5. The van der Waals surface area contributed by atoms with Crippen molar-refractivity contribution in [2.45, 2.75) is 22.8 Å². The van der Waals surface area contributed by atoms with Crippen LogP contribution in [0.15, 0.2) is 40.0 Å². The number of benzene rings is 1. The van der Waals surface area contributed by atoms with Crippen LogP contribution in [0.4, 0.5) is 0 Å². The summed E-state index contributed by atoms with van der Waals surface area (Å²) < 4.78 is 3.21. The zero-order chi connectivity index (χ0) is 13.9. The van der Waals surface area contributed by atoms with E-state index in [0.717, 1.165) is 16.4 Å². The van der Waals surface area contributed by atoms with Crippen molar-refractivity contribution in [2.75, 3.05) is 0 Å². The van der Waals surface area contributed by atoms with Crippen molar-refractivity contribution in [2.24, 2.45) is 0 Å². The standard InChI is InChI=1S/C12H10ClN5S2/c1-2-8-5-3-4-6-9(8)18-11(15-16-17-18)20-12-14-7-10(13)19-12/h3-7H,2H2,1H3. The molecule has 2 aromatic heterocycles. The first-order chi connectivity index (χ1) is 9.78. The van der Waals surface area contributed by atoms with E-state index >= 15 is 0 Å². The summed E-state index contributed by atoms with van der Waals surface area (Å²) in [4.78, 5) is 4.21. The normalized spacial score (nSPS) is 10.9. The first kappa shape index (κ1) is 13.5. The topological polar surface area (TPSA) is 56.5 Å². The van der Waals surface area contributed by atoms with Crippen LogP contribution in [0.2, 0.25) is 4.34 Å². The molecule has 0 radical (unpaired) electrons. The fourth-order valence-corrected chi connectivity index (χ4v) is 3.78. The molecule has 20 heavy (non-hydrogen) atoms. The second kappa shape index (κ2) is 5.90. The van der Waals surface area contributed by atoms with Gasteiger partial charge in [-0.3, -0.25) is 0 Å². The molecule has 0 saturated carbocycles. The minimum Gasteiger partial charge on any atom is -0.236 e. The molecule has 0 bridgehead atoms. The first-order valence-corrected chi connectivity index (χ1v) is 7.95. The van der Waals surface area contributed by atoms with Crippen molar-refractivity contribution in [3.05, 3.63) is 40.4 Å². The van der Waals surface area contributed by atoms with Crippen LogP contribution in [0.25, 0.3) is 5.69 Å². The van der Waals surface area contributed by atoms with Crippen LogP contribution in [-0.2, 0) is 6.42 Å². The third-order valence-electron chi connectivity index (χ3n) is 2.68. The second-order valence-corrected chi connectivity index (χ2v) is 6.76. The van der Waals surface area contributed by atoms with Gasteiger partial charge in [0.15, 0.2) is 4.34 Å². The maximum absolute atomic E-state index is 5.89. The van der Waals surface area contributed by atoms with E-state index in [0.29, 0.717) is 9.49 Å². The molecule has 5 nitrogen and oxygen atoms in total. The van der Waals surface area contributed by atoms with E-state index in [-0.39, 0.29) is 0 Å². The monoisotopic (exact) mass is 323 g/mol. The molecule has 2 heterocycles. The molecule has 0 aliphatic heterocycles. The van der Waals surface area contributed by atoms with Crippen molar-refractivity contribution in [1.82, 2.24) is 25.2 Å². The number of nitrogens with zero attached hydrogens (tertiary/aromatic N) is 5. The van der Waals surface area contributed by atoms with Crippen molar-refractivity contribution in [3.8, 4) is 5.69 Å². The molecule has 0 unspecified atom stereocenters. The molecule has 8 heteroatoms. The molecule has 3 rings (SSSR count). The van der Waals surface area contributed by atoms with Gasteiger partial charge in [-0.25, -0.2) is 4.98 Å². The molecular weight excluding hydrogens is 314 g/mol. The van der Waals surface area contributed by atoms with Gasteiger partial charge in [0.2, 0.25) is 5.16 Å². The number of thiazole rings is 1. The van der Waals surface area contributed by atoms with E-state index in [1.807, 2.05) is 18.2 Å². The van der Waals surface area contributed by atoms with E-state index in [4.69, 9.17) is 11.6 Å². The van der Waals surface area contributed by atoms with Gasteiger partial charge in [0.25, 0.3) is 0 Å². The average Bonchev–Trinajstić information content (AvgIpc) is 3.08. The minimum atomic E-state index is 0.653. The molecule has 3 aromatic rings. The molecule has 0 N–H and O–H groups in total. The van der Waals surface area contributed by atoms with Crippen LogP contribution < -0.4 is 0 Å². The summed E-state index contributed by atoms with van der Waals surface area (Å²) in [7, 11) is 0. The summed E-state index contributed by atoms with van der Waals surface area (Å²) >= 11 is 8.70. The summed E-state index contributed by atoms with van der Waals surface area (Å²) in [5.41, 5.74) is 2.18. The Morgan fingerprint density at radius 3 is 2.95 bits per heavy atom. The Hall–Kier alpha value is -1.44. The van der Waals surface area contributed by atoms with Crippen LogP contribution in [0.1, 0.15) is 12.5 Å². The summed E-state index contributed by atoms with van der Waals surface area (Å²) in [6, 6.07) is 8.07. The predicted octanol–water partition coefficient (Wildman–Crippen LogP) is 3.49. The second-order valence-electron chi connectivity index (χ2n) is 3.89. The summed E-state index contributed by atoms with van der Waals surface area (Å²) in [6.07, 6.45) is 2.55.